The number of anilines is 1. The van der Waals surface area contributed by atoms with Crippen LogP contribution in [0.4, 0.5) is 5.69 Å². The van der Waals surface area contributed by atoms with Gasteiger partial charge in [0.2, 0.25) is 5.91 Å². The summed E-state index contributed by atoms with van der Waals surface area (Å²) in [4.78, 5) is 15.8. The molecule has 1 aliphatic rings. The third kappa shape index (κ3) is 3.24. The highest BCUT2D eigenvalue weighted by Crippen LogP contribution is 2.35. The highest BCUT2D eigenvalue weighted by molar-refractivity contribution is 5.80. The number of hydrogen-bond donors (Lipinski definition) is 2. The highest BCUT2D eigenvalue weighted by atomic mass is 16.1. The van der Waals surface area contributed by atoms with E-state index in [0.717, 1.165) is 17.8 Å². The van der Waals surface area contributed by atoms with Gasteiger partial charge in [-0.1, -0.05) is 18.2 Å². The van der Waals surface area contributed by atoms with Crippen LogP contribution in [0.15, 0.2) is 36.8 Å². The Bertz CT molecular complexity index is 631. The van der Waals surface area contributed by atoms with Crippen molar-refractivity contribution in [2.24, 2.45) is 0 Å². The molecule has 1 saturated carbocycles. The normalized spacial score (nSPS) is 14.0. The van der Waals surface area contributed by atoms with Gasteiger partial charge in [0.1, 0.15) is 0 Å². The van der Waals surface area contributed by atoms with Crippen LogP contribution in [-0.2, 0) is 17.8 Å². The van der Waals surface area contributed by atoms with Gasteiger partial charge in [-0.05, 0) is 24.5 Å². The molecular formula is C16H20N4O. The van der Waals surface area contributed by atoms with E-state index in [2.05, 4.69) is 20.2 Å². The number of likely N-dealkylation sites (N-methyl/N-ethyl adjacent to an activating group) is 1. The number of nitrogens with one attached hydrogen (secondary N) is 2. The topological polar surface area (TPSA) is 59.0 Å². The Kier molecular flexibility index (Phi) is 3.90. The molecule has 0 saturated heterocycles. The van der Waals surface area contributed by atoms with Crippen molar-refractivity contribution in [2.45, 2.75) is 31.8 Å². The van der Waals surface area contributed by atoms with Crippen molar-refractivity contribution in [2.75, 3.05) is 12.4 Å². The smallest absolute Gasteiger partial charge is 0.224 e. The van der Waals surface area contributed by atoms with Gasteiger partial charge in [-0.15, -0.1) is 0 Å². The van der Waals surface area contributed by atoms with Crippen LogP contribution in [0.25, 0.3) is 0 Å². The molecule has 1 fully saturated rings. The van der Waals surface area contributed by atoms with Crippen LogP contribution >= 0.6 is 0 Å². The van der Waals surface area contributed by atoms with E-state index in [1.54, 1.807) is 7.05 Å². The van der Waals surface area contributed by atoms with Crippen LogP contribution in [0.5, 0.6) is 0 Å². The molecule has 2 aromatic rings. The lowest BCUT2D eigenvalue weighted by atomic mass is 10.1. The molecule has 0 atom stereocenters. The third-order valence-electron chi connectivity index (χ3n) is 3.79. The molecule has 1 aliphatic carbocycles. The summed E-state index contributed by atoms with van der Waals surface area (Å²) in [5.74, 6) is 0.0206. The molecule has 0 spiro atoms. The SMILES string of the molecule is CNC(=O)Cc1ccccc1NCc1cncn1C1CC1. The van der Waals surface area contributed by atoms with Gasteiger partial charge in [0.05, 0.1) is 25.0 Å². The standard InChI is InChI=1S/C16H20N4O/c1-17-16(21)8-12-4-2-3-5-15(12)19-10-14-9-18-11-20(14)13-6-7-13/h2-5,9,11,13,19H,6-8,10H2,1H3,(H,17,21). The van der Waals surface area contributed by atoms with Gasteiger partial charge in [-0.2, -0.15) is 0 Å². The van der Waals surface area contributed by atoms with E-state index < -0.39 is 0 Å². The van der Waals surface area contributed by atoms with Gasteiger partial charge in [0.15, 0.2) is 0 Å². The van der Waals surface area contributed by atoms with E-state index in [0.29, 0.717) is 12.5 Å². The quantitative estimate of drug-likeness (QED) is 0.854. The fraction of sp³-hybridized carbons (Fsp3) is 0.375. The lowest BCUT2D eigenvalue weighted by molar-refractivity contribution is -0.119. The molecule has 21 heavy (non-hydrogen) atoms. The zero-order chi connectivity index (χ0) is 14.7. The Morgan fingerprint density at radius 2 is 2.19 bits per heavy atom. The maximum Gasteiger partial charge on any atom is 0.224 e. The highest BCUT2D eigenvalue weighted by Gasteiger charge is 2.25. The van der Waals surface area contributed by atoms with E-state index in [4.69, 9.17) is 0 Å². The molecule has 110 valence electrons. The summed E-state index contributed by atoms with van der Waals surface area (Å²) in [6, 6.07) is 8.56. The van der Waals surface area contributed by atoms with Crippen molar-refractivity contribution >= 4 is 11.6 Å². The van der Waals surface area contributed by atoms with Crippen LogP contribution in [0, 0.1) is 0 Å². The molecule has 3 rings (SSSR count). The Labute approximate surface area is 124 Å². The predicted octanol–water partition coefficient (Wildman–Crippen LogP) is 2.12. The number of amides is 1. The molecule has 1 amide bonds. The second-order valence-electron chi connectivity index (χ2n) is 5.38. The number of carbonyl (C=O) groups excluding carboxylic acids is 1. The van der Waals surface area contributed by atoms with E-state index in [1.807, 2.05) is 36.8 Å². The van der Waals surface area contributed by atoms with E-state index in [9.17, 15) is 4.79 Å². The number of nitrogens with zero attached hydrogens (tertiary/aromatic N) is 2. The van der Waals surface area contributed by atoms with Crippen molar-refractivity contribution in [3.8, 4) is 0 Å². The maximum atomic E-state index is 11.6. The summed E-state index contributed by atoms with van der Waals surface area (Å²) in [5, 5.41) is 6.09. The van der Waals surface area contributed by atoms with Crippen molar-refractivity contribution in [1.29, 1.82) is 0 Å². The largest absolute Gasteiger partial charge is 0.379 e. The molecule has 0 radical (unpaired) electrons. The van der Waals surface area contributed by atoms with Gasteiger partial charge >= 0.3 is 0 Å². The Morgan fingerprint density at radius 3 is 2.95 bits per heavy atom. The van der Waals surface area contributed by atoms with Crippen LogP contribution in [0.3, 0.4) is 0 Å². The first-order valence-corrected chi connectivity index (χ1v) is 7.31. The second-order valence-corrected chi connectivity index (χ2v) is 5.38. The van der Waals surface area contributed by atoms with Gasteiger partial charge < -0.3 is 15.2 Å². The van der Waals surface area contributed by atoms with E-state index in [-0.39, 0.29) is 5.91 Å². The second kappa shape index (κ2) is 5.99. The lowest BCUT2D eigenvalue weighted by Crippen LogP contribution is -2.20. The van der Waals surface area contributed by atoms with Gasteiger partial charge in [-0.25, -0.2) is 4.98 Å². The van der Waals surface area contributed by atoms with Gasteiger partial charge in [0, 0.05) is 25.0 Å². The molecular weight excluding hydrogens is 264 g/mol. The third-order valence-corrected chi connectivity index (χ3v) is 3.79. The number of hydrogen-bond acceptors (Lipinski definition) is 3. The minimum absolute atomic E-state index is 0.0206. The minimum atomic E-state index is 0.0206. The first kappa shape index (κ1) is 13.7. The Morgan fingerprint density at radius 1 is 1.38 bits per heavy atom. The van der Waals surface area contributed by atoms with E-state index >= 15 is 0 Å². The molecule has 2 N–H and O–H groups in total. The number of imidazole rings is 1. The summed E-state index contributed by atoms with van der Waals surface area (Å²) in [6.07, 6.45) is 6.70. The molecule has 0 bridgehead atoms. The Balaban J connectivity index is 1.69. The maximum absolute atomic E-state index is 11.6. The van der Waals surface area contributed by atoms with Gasteiger partial charge in [-0.3, -0.25) is 4.79 Å². The van der Waals surface area contributed by atoms with Crippen molar-refractivity contribution in [3.63, 3.8) is 0 Å². The average molecular weight is 284 g/mol. The van der Waals surface area contributed by atoms with Crippen molar-refractivity contribution in [1.82, 2.24) is 14.9 Å². The minimum Gasteiger partial charge on any atom is -0.379 e. The Hall–Kier alpha value is -2.30. The average Bonchev–Trinajstić information content (AvgIpc) is 3.25. The number of benzene rings is 1. The summed E-state index contributed by atoms with van der Waals surface area (Å²) in [6.45, 7) is 0.723. The summed E-state index contributed by atoms with van der Waals surface area (Å²) in [7, 11) is 1.66. The van der Waals surface area contributed by atoms with Crippen LogP contribution in [0.1, 0.15) is 30.1 Å². The number of para-hydroxylation sites is 1. The number of aromatic nitrogens is 2. The predicted molar refractivity (Wildman–Crippen MR) is 82.0 cm³/mol. The van der Waals surface area contributed by atoms with Crippen LogP contribution in [0.2, 0.25) is 0 Å². The van der Waals surface area contributed by atoms with Gasteiger partial charge in [0.25, 0.3) is 0 Å². The van der Waals surface area contributed by atoms with Crippen molar-refractivity contribution in [3.05, 3.63) is 48.0 Å². The lowest BCUT2D eigenvalue weighted by Gasteiger charge is -2.13. The van der Waals surface area contributed by atoms with Crippen LogP contribution < -0.4 is 10.6 Å². The molecule has 5 heteroatoms. The summed E-state index contributed by atoms with van der Waals surface area (Å²) < 4.78 is 2.24. The first-order chi connectivity index (χ1) is 10.3. The van der Waals surface area contributed by atoms with Crippen LogP contribution in [-0.4, -0.2) is 22.5 Å². The molecule has 0 aliphatic heterocycles. The van der Waals surface area contributed by atoms with Crippen molar-refractivity contribution < 1.29 is 4.79 Å². The first-order valence-electron chi connectivity index (χ1n) is 7.31. The van der Waals surface area contributed by atoms with E-state index in [1.165, 1.54) is 18.5 Å². The monoisotopic (exact) mass is 284 g/mol. The zero-order valence-electron chi connectivity index (χ0n) is 12.2. The summed E-state index contributed by atoms with van der Waals surface area (Å²) >= 11 is 0. The summed E-state index contributed by atoms with van der Waals surface area (Å²) in [5.41, 5.74) is 3.20. The number of rotatable bonds is 6. The fourth-order valence-corrected chi connectivity index (χ4v) is 2.44. The molecule has 1 heterocycles. The zero-order valence-corrected chi connectivity index (χ0v) is 12.2. The molecule has 0 unspecified atom stereocenters. The molecule has 1 aromatic heterocycles. The molecule has 5 nitrogen and oxygen atoms in total. The molecule has 1 aromatic carbocycles. The number of carbonyl (C=O) groups is 1. The fourth-order valence-electron chi connectivity index (χ4n) is 2.44.